The number of hydrogen-bond acceptors (Lipinski definition) is 6. The van der Waals surface area contributed by atoms with Crippen molar-refractivity contribution in [2.75, 3.05) is 63.1 Å². The fraction of sp³-hybridized carbons (Fsp3) is 0.636. The third-order valence-electron chi connectivity index (χ3n) is 4.87. The summed E-state index contributed by atoms with van der Waals surface area (Å²) in [5.41, 5.74) is 1.20. The highest BCUT2D eigenvalue weighted by atomic mass is 16.6. The van der Waals surface area contributed by atoms with Crippen molar-refractivity contribution < 1.29 is 19.1 Å². The number of nitrogens with one attached hydrogen (secondary N) is 2. The van der Waals surface area contributed by atoms with Crippen molar-refractivity contribution in [3.05, 3.63) is 24.3 Å². The third-order valence-corrected chi connectivity index (χ3v) is 4.87. The summed E-state index contributed by atoms with van der Waals surface area (Å²) in [6.45, 7) is 15.0. The van der Waals surface area contributed by atoms with Gasteiger partial charge in [-0.25, -0.2) is 9.59 Å². The molecule has 8 nitrogen and oxygen atoms in total. The molecule has 0 unspecified atom stereocenters. The van der Waals surface area contributed by atoms with Crippen LogP contribution in [0.1, 0.15) is 40.5 Å². The molecule has 0 fully saturated rings. The van der Waals surface area contributed by atoms with Crippen molar-refractivity contribution in [2.45, 2.75) is 40.5 Å². The molecule has 8 heteroatoms. The molecule has 0 saturated carbocycles. The van der Waals surface area contributed by atoms with Crippen molar-refractivity contribution in [3.8, 4) is 0 Å². The Hall–Kier alpha value is -2.32. The van der Waals surface area contributed by atoms with Gasteiger partial charge in [0.2, 0.25) is 0 Å². The molecule has 0 heterocycles. The van der Waals surface area contributed by atoms with Crippen molar-refractivity contribution in [1.29, 1.82) is 0 Å². The Labute approximate surface area is 180 Å². The van der Waals surface area contributed by atoms with E-state index < -0.39 is 12.2 Å². The average Bonchev–Trinajstić information content (AvgIpc) is 2.75. The van der Waals surface area contributed by atoms with Crippen LogP contribution in [0.2, 0.25) is 0 Å². The Bertz CT molecular complexity index is 549. The Morgan fingerprint density at radius 1 is 0.700 bits per heavy atom. The number of nitrogens with zero attached hydrogens (tertiary/aromatic N) is 2. The van der Waals surface area contributed by atoms with Gasteiger partial charge in [0, 0.05) is 24.5 Å². The minimum atomic E-state index is -0.483. The van der Waals surface area contributed by atoms with Gasteiger partial charge < -0.3 is 19.3 Å². The maximum absolute atomic E-state index is 11.9. The van der Waals surface area contributed by atoms with E-state index in [1.54, 1.807) is 24.3 Å². The van der Waals surface area contributed by atoms with Crippen LogP contribution >= 0.6 is 0 Å². The van der Waals surface area contributed by atoms with Gasteiger partial charge in [-0.1, -0.05) is 27.7 Å². The molecule has 0 aliphatic rings. The van der Waals surface area contributed by atoms with Crippen molar-refractivity contribution >= 4 is 23.6 Å². The number of carbonyl (C=O) groups excluding carboxylic acids is 2. The van der Waals surface area contributed by atoms with Crippen molar-refractivity contribution in [1.82, 2.24) is 9.80 Å². The van der Waals surface area contributed by atoms with E-state index >= 15 is 0 Å². The molecule has 1 aromatic carbocycles. The summed E-state index contributed by atoms with van der Waals surface area (Å²) in [5.74, 6) is 0. The van der Waals surface area contributed by atoms with Crippen LogP contribution < -0.4 is 10.6 Å². The Morgan fingerprint density at radius 3 is 1.33 bits per heavy atom. The molecule has 0 spiro atoms. The van der Waals surface area contributed by atoms with Crippen LogP contribution in [0.15, 0.2) is 24.3 Å². The monoisotopic (exact) mass is 422 g/mol. The Morgan fingerprint density at radius 2 is 1.03 bits per heavy atom. The quantitative estimate of drug-likeness (QED) is 0.436. The molecule has 0 saturated heterocycles. The number of rotatable bonds is 14. The van der Waals surface area contributed by atoms with Crippen LogP contribution in [0.4, 0.5) is 21.0 Å². The van der Waals surface area contributed by atoms with Crippen molar-refractivity contribution in [3.63, 3.8) is 0 Å². The molecule has 0 bridgehead atoms. The Balaban J connectivity index is 2.25. The molecule has 0 aliphatic carbocycles. The second kappa shape index (κ2) is 15.5. The van der Waals surface area contributed by atoms with Gasteiger partial charge in [0.1, 0.15) is 0 Å². The number of carbonyl (C=O) groups is 2. The van der Waals surface area contributed by atoms with E-state index in [0.29, 0.717) is 24.6 Å². The Kier molecular flexibility index (Phi) is 13.3. The standard InChI is InChI=1S/C22H38N4O4/c1-5-25(6-2)15-9-17-29-21(27)23-19-11-13-20(14-12-19)24-22(28)30-18-10-16-26(7-3)8-4/h11-14H,5-10,15-18H2,1-4H3,(H,23,27)(H,24,28). The number of benzene rings is 1. The van der Waals surface area contributed by atoms with Crippen LogP contribution in [-0.2, 0) is 9.47 Å². The lowest BCUT2D eigenvalue weighted by atomic mass is 10.3. The van der Waals surface area contributed by atoms with E-state index in [2.05, 4.69) is 48.1 Å². The minimum Gasteiger partial charge on any atom is -0.449 e. The molecule has 170 valence electrons. The number of amides is 2. The topological polar surface area (TPSA) is 83.1 Å². The number of anilines is 2. The zero-order valence-corrected chi connectivity index (χ0v) is 18.9. The van der Waals surface area contributed by atoms with E-state index in [1.165, 1.54) is 0 Å². The van der Waals surface area contributed by atoms with Crippen molar-refractivity contribution in [2.24, 2.45) is 0 Å². The largest absolute Gasteiger partial charge is 0.449 e. The zero-order chi connectivity index (χ0) is 22.2. The van der Waals surface area contributed by atoms with Gasteiger partial charge in [-0.15, -0.1) is 0 Å². The van der Waals surface area contributed by atoms with Crippen LogP contribution in [0.5, 0.6) is 0 Å². The highest BCUT2D eigenvalue weighted by molar-refractivity contribution is 5.87. The first kappa shape index (κ1) is 25.7. The van der Waals surface area contributed by atoms with E-state index in [9.17, 15) is 9.59 Å². The van der Waals surface area contributed by atoms with Gasteiger partial charge >= 0.3 is 12.2 Å². The molecule has 0 radical (unpaired) electrons. The lowest BCUT2D eigenvalue weighted by molar-refractivity contribution is 0.152. The first-order valence-corrected chi connectivity index (χ1v) is 10.9. The zero-order valence-electron chi connectivity index (χ0n) is 18.9. The predicted octanol–water partition coefficient (Wildman–Crippen LogP) is 4.25. The second-order valence-corrected chi connectivity index (χ2v) is 6.86. The van der Waals surface area contributed by atoms with Crippen LogP contribution in [-0.4, -0.2) is 74.5 Å². The summed E-state index contributed by atoms with van der Waals surface area (Å²) < 4.78 is 10.4. The highest BCUT2D eigenvalue weighted by Gasteiger charge is 2.07. The summed E-state index contributed by atoms with van der Waals surface area (Å²) in [7, 11) is 0. The molecule has 2 amide bonds. The van der Waals surface area contributed by atoms with Crippen LogP contribution in [0, 0.1) is 0 Å². The first-order chi connectivity index (χ1) is 14.5. The first-order valence-electron chi connectivity index (χ1n) is 10.9. The number of hydrogen-bond donors (Lipinski definition) is 2. The average molecular weight is 423 g/mol. The fourth-order valence-corrected chi connectivity index (χ4v) is 2.93. The van der Waals surface area contributed by atoms with E-state index in [1.807, 2.05) is 0 Å². The molecule has 2 N–H and O–H groups in total. The van der Waals surface area contributed by atoms with Gasteiger partial charge in [0.25, 0.3) is 0 Å². The summed E-state index contributed by atoms with van der Waals surface area (Å²) in [6.07, 6.45) is 0.634. The van der Waals surface area contributed by atoms with Gasteiger partial charge in [-0.05, 0) is 63.3 Å². The minimum absolute atomic E-state index is 0.377. The fourth-order valence-electron chi connectivity index (χ4n) is 2.93. The smallest absolute Gasteiger partial charge is 0.411 e. The molecule has 0 aliphatic heterocycles. The summed E-state index contributed by atoms with van der Waals surface area (Å²) >= 11 is 0. The van der Waals surface area contributed by atoms with Gasteiger partial charge in [0.05, 0.1) is 13.2 Å². The second-order valence-electron chi connectivity index (χ2n) is 6.86. The van der Waals surface area contributed by atoms with Gasteiger partial charge in [0.15, 0.2) is 0 Å². The lowest BCUT2D eigenvalue weighted by Gasteiger charge is -2.17. The normalized spacial score (nSPS) is 10.9. The third kappa shape index (κ3) is 11.0. The molecule has 0 aromatic heterocycles. The maximum Gasteiger partial charge on any atom is 0.411 e. The summed E-state index contributed by atoms with van der Waals surface area (Å²) in [6, 6.07) is 6.81. The van der Waals surface area contributed by atoms with E-state index in [0.717, 1.165) is 52.1 Å². The van der Waals surface area contributed by atoms with Crippen LogP contribution in [0.3, 0.4) is 0 Å². The van der Waals surface area contributed by atoms with E-state index in [-0.39, 0.29) is 0 Å². The summed E-state index contributed by atoms with van der Waals surface area (Å²) in [5, 5.41) is 5.36. The molecule has 30 heavy (non-hydrogen) atoms. The van der Waals surface area contributed by atoms with Gasteiger partial charge in [-0.3, -0.25) is 10.6 Å². The lowest BCUT2D eigenvalue weighted by Crippen LogP contribution is -2.25. The highest BCUT2D eigenvalue weighted by Crippen LogP contribution is 2.14. The molecular formula is C22H38N4O4. The predicted molar refractivity (Wildman–Crippen MR) is 121 cm³/mol. The molecule has 0 atom stereocenters. The van der Waals surface area contributed by atoms with E-state index in [4.69, 9.17) is 9.47 Å². The summed E-state index contributed by atoms with van der Waals surface area (Å²) in [4.78, 5) is 28.3. The SMILES string of the molecule is CCN(CC)CCCOC(=O)Nc1ccc(NC(=O)OCCCN(CC)CC)cc1. The van der Waals surface area contributed by atoms with Crippen LogP contribution in [0.25, 0.3) is 0 Å². The van der Waals surface area contributed by atoms with Gasteiger partial charge in [-0.2, -0.15) is 0 Å². The number of ether oxygens (including phenoxy) is 2. The molecular weight excluding hydrogens is 384 g/mol. The maximum atomic E-state index is 11.9. The molecule has 1 aromatic rings. The molecule has 1 rings (SSSR count).